The van der Waals surface area contributed by atoms with Gasteiger partial charge in [-0.25, -0.2) is 8.78 Å². The van der Waals surface area contributed by atoms with Crippen LogP contribution >= 0.6 is 0 Å². The SMILES string of the molecule is OC(C(F)c1ccc(-c2ccc(N3CCN(c4cccc(C(O)C(F)(F)F)c4)CC3)cc2)cn1)C(F)n1cnnn1. The molecule has 4 unspecified atom stereocenters. The molecule has 1 aliphatic heterocycles. The molecule has 0 spiro atoms. The summed E-state index contributed by atoms with van der Waals surface area (Å²) in [4.78, 5) is 8.20. The van der Waals surface area contributed by atoms with Gasteiger partial charge in [0.2, 0.25) is 6.30 Å². The Kier molecular flexibility index (Phi) is 8.13. The predicted octanol–water partition coefficient (Wildman–Crippen LogP) is 4.20. The van der Waals surface area contributed by atoms with E-state index < -0.39 is 30.9 Å². The van der Waals surface area contributed by atoms with Gasteiger partial charge in [0, 0.05) is 49.3 Å². The minimum absolute atomic E-state index is 0.134. The van der Waals surface area contributed by atoms with Crippen LogP contribution in [0.2, 0.25) is 0 Å². The summed E-state index contributed by atoms with van der Waals surface area (Å²) < 4.78 is 68.3. The monoisotopic (exact) mass is 575 g/mol. The second-order valence-corrected chi connectivity index (χ2v) is 9.59. The number of tetrazole rings is 1. The first kappa shape index (κ1) is 28.4. The molecule has 0 aliphatic carbocycles. The lowest BCUT2D eigenvalue weighted by molar-refractivity contribution is -0.206. The van der Waals surface area contributed by atoms with E-state index in [1.165, 1.54) is 30.5 Å². The Morgan fingerprint density at radius 2 is 1.46 bits per heavy atom. The number of benzene rings is 2. The summed E-state index contributed by atoms with van der Waals surface area (Å²) in [5.41, 5.74) is 2.78. The van der Waals surface area contributed by atoms with Gasteiger partial charge in [-0.3, -0.25) is 4.98 Å². The number of rotatable bonds is 8. The zero-order valence-electron chi connectivity index (χ0n) is 21.5. The largest absolute Gasteiger partial charge is 0.418 e. The minimum Gasteiger partial charge on any atom is -0.385 e. The summed E-state index contributed by atoms with van der Waals surface area (Å²) >= 11 is 0. The van der Waals surface area contributed by atoms with Crippen molar-refractivity contribution in [1.29, 1.82) is 0 Å². The van der Waals surface area contributed by atoms with Crippen LogP contribution in [-0.4, -0.2) is 73.9 Å². The fourth-order valence-electron chi connectivity index (χ4n) is 4.66. The van der Waals surface area contributed by atoms with Gasteiger partial charge in [0.05, 0.1) is 5.69 Å². The number of hydrogen-bond acceptors (Lipinski definition) is 8. The first-order valence-electron chi connectivity index (χ1n) is 12.7. The van der Waals surface area contributed by atoms with Crippen LogP contribution in [-0.2, 0) is 0 Å². The molecule has 2 N–H and O–H groups in total. The number of pyridine rings is 1. The highest BCUT2D eigenvalue weighted by Gasteiger charge is 2.39. The van der Waals surface area contributed by atoms with E-state index in [2.05, 4.69) is 25.4 Å². The summed E-state index contributed by atoms with van der Waals surface area (Å²) in [6, 6.07) is 16.5. The Bertz CT molecular complexity index is 1410. The Morgan fingerprint density at radius 1 is 0.805 bits per heavy atom. The summed E-state index contributed by atoms with van der Waals surface area (Å²) in [7, 11) is 0. The zero-order valence-corrected chi connectivity index (χ0v) is 21.5. The lowest BCUT2D eigenvalue weighted by atomic mass is 10.0. The second kappa shape index (κ2) is 11.7. The Labute approximate surface area is 231 Å². The zero-order chi connectivity index (χ0) is 29.1. The number of halogens is 5. The third-order valence-electron chi connectivity index (χ3n) is 6.97. The second-order valence-electron chi connectivity index (χ2n) is 9.59. The first-order chi connectivity index (χ1) is 19.6. The van der Waals surface area contributed by atoms with Crippen LogP contribution in [0.25, 0.3) is 11.1 Å². The molecular weight excluding hydrogens is 549 g/mol. The molecule has 1 aliphatic rings. The number of alkyl halides is 5. The molecule has 4 aromatic rings. The van der Waals surface area contributed by atoms with Crippen LogP contribution in [0.1, 0.15) is 29.8 Å². The van der Waals surface area contributed by atoms with Crippen LogP contribution in [0.15, 0.2) is 73.2 Å². The van der Waals surface area contributed by atoms with E-state index in [1.807, 2.05) is 29.2 Å². The first-order valence-corrected chi connectivity index (χ1v) is 12.7. The van der Waals surface area contributed by atoms with Gasteiger partial charge >= 0.3 is 6.18 Å². The summed E-state index contributed by atoms with van der Waals surface area (Å²) in [5.74, 6) is 0. The van der Waals surface area contributed by atoms with E-state index in [9.17, 15) is 32.2 Å². The maximum absolute atomic E-state index is 14.7. The van der Waals surface area contributed by atoms with Crippen LogP contribution in [0.3, 0.4) is 0 Å². The van der Waals surface area contributed by atoms with Crippen molar-refractivity contribution in [2.24, 2.45) is 0 Å². The van der Waals surface area contributed by atoms with E-state index in [0.717, 1.165) is 17.6 Å². The average Bonchev–Trinajstić information content (AvgIpc) is 3.55. The highest BCUT2D eigenvalue weighted by atomic mass is 19.4. The summed E-state index contributed by atoms with van der Waals surface area (Å²) in [5, 5.41) is 29.5. The molecule has 4 atom stereocenters. The quantitative estimate of drug-likeness (QED) is 0.302. The number of hydrogen-bond donors (Lipinski definition) is 2. The molecule has 3 heterocycles. The fourth-order valence-corrected chi connectivity index (χ4v) is 4.66. The van der Waals surface area contributed by atoms with E-state index in [-0.39, 0.29) is 11.3 Å². The van der Waals surface area contributed by atoms with Crippen molar-refractivity contribution in [3.63, 3.8) is 0 Å². The molecule has 0 saturated carbocycles. The lowest BCUT2D eigenvalue weighted by Gasteiger charge is -2.37. The van der Waals surface area contributed by atoms with Crippen molar-refractivity contribution in [2.75, 3.05) is 36.0 Å². The molecule has 1 fully saturated rings. The summed E-state index contributed by atoms with van der Waals surface area (Å²) in [6.45, 7) is 2.45. The molecule has 216 valence electrons. The molecule has 41 heavy (non-hydrogen) atoms. The topological polar surface area (TPSA) is 103 Å². The Hall–Kier alpha value is -4.17. The van der Waals surface area contributed by atoms with Crippen LogP contribution < -0.4 is 9.80 Å². The third kappa shape index (κ3) is 6.28. The maximum Gasteiger partial charge on any atom is 0.418 e. The standard InChI is InChI=1S/C27H26F5N7O2/c28-23(24(40)26(29)39-16-34-35-36-39)22-9-6-19(15-33-22)17-4-7-20(8-5-17)37-10-12-38(13-11-37)21-3-1-2-18(14-21)25(41)27(30,31)32/h1-9,14-16,23-26,40-41H,10-13H2. The molecule has 0 radical (unpaired) electrons. The van der Waals surface area contributed by atoms with E-state index >= 15 is 0 Å². The number of aliphatic hydroxyl groups excluding tert-OH is 2. The number of piperazine rings is 1. The van der Waals surface area contributed by atoms with Gasteiger partial charge < -0.3 is 20.0 Å². The van der Waals surface area contributed by atoms with Crippen LogP contribution in [0.5, 0.6) is 0 Å². The molecule has 1 saturated heterocycles. The van der Waals surface area contributed by atoms with Gasteiger partial charge in [0.1, 0.15) is 12.4 Å². The van der Waals surface area contributed by atoms with Crippen molar-refractivity contribution < 1.29 is 32.2 Å². The smallest absolute Gasteiger partial charge is 0.385 e. The number of anilines is 2. The highest BCUT2D eigenvalue weighted by Crippen LogP contribution is 2.34. The van der Waals surface area contributed by atoms with Gasteiger partial charge in [-0.2, -0.15) is 17.9 Å². The Balaban J connectivity index is 1.18. The minimum atomic E-state index is -4.73. The molecular formula is C27H26F5N7O2. The van der Waals surface area contributed by atoms with E-state index in [0.29, 0.717) is 42.1 Å². The molecule has 14 heteroatoms. The highest BCUT2D eigenvalue weighted by molar-refractivity contribution is 5.66. The van der Waals surface area contributed by atoms with Gasteiger partial charge in [-0.15, -0.1) is 5.10 Å². The van der Waals surface area contributed by atoms with Gasteiger partial charge in [0.15, 0.2) is 12.3 Å². The van der Waals surface area contributed by atoms with Crippen molar-refractivity contribution in [1.82, 2.24) is 25.2 Å². The van der Waals surface area contributed by atoms with Crippen molar-refractivity contribution in [3.05, 3.63) is 84.4 Å². The van der Waals surface area contributed by atoms with E-state index in [4.69, 9.17) is 0 Å². The van der Waals surface area contributed by atoms with Gasteiger partial charge in [-0.1, -0.05) is 30.3 Å². The fraction of sp³-hybridized carbons (Fsp3) is 0.333. The molecule has 0 bridgehead atoms. The lowest BCUT2D eigenvalue weighted by Crippen LogP contribution is -2.46. The van der Waals surface area contributed by atoms with Gasteiger partial charge in [-0.05, 0) is 51.9 Å². The normalized spacial score (nSPS) is 17.2. The third-order valence-corrected chi connectivity index (χ3v) is 6.97. The van der Waals surface area contributed by atoms with Gasteiger partial charge in [0.25, 0.3) is 0 Å². The molecule has 0 amide bonds. The van der Waals surface area contributed by atoms with E-state index in [1.54, 1.807) is 12.1 Å². The van der Waals surface area contributed by atoms with Crippen molar-refractivity contribution in [3.8, 4) is 11.1 Å². The molecule has 2 aromatic heterocycles. The van der Waals surface area contributed by atoms with Crippen LogP contribution in [0, 0.1) is 0 Å². The number of nitrogens with zero attached hydrogens (tertiary/aromatic N) is 7. The predicted molar refractivity (Wildman–Crippen MR) is 139 cm³/mol. The van der Waals surface area contributed by atoms with Crippen molar-refractivity contribution in [2.45, 2.75) is 30.9 Å². The van der Waals surface area contributed by atoms with Crippen molar-refractivity contribution >= 4 is 11.4 Å². The Morgan fingerprint density at radius 3 is 2.05 bits per heavy atom. The molecule has 2 aromatic carbocycles. The van der Waals surface area contributed by atoms with Crippen LogP contribution in [0.4, 0.5) is 33.3 Å². The summed E-state index contributed by atoms with van der Waals surface area (Å²) in [6.07, 6.45) is -11.2. The molecule has 5 rings (SSSR count). The number of aromatic nitrogens is 5. The molecule has 9 nitrogen and oxygen atoms in total. The average molecular weight is 576 g/mol. The number of aliphatic hydroxyl groups is 2. The maximum atomic E-state index is 14.7.